The predicted octanol–water partition coefficient (Wildman–Crippen LogP) is 2.94. The minimum atomic E-state index is 0. The maximum atomic E-state index is 12.7. The highest BCUT2D eigenvalue weighted by atomic mass is 35.5. The fourth-order valence-electron chi connectivity index (χ4n) is 2.68. The maximum Gasteiger partial charge on any atom is 0.254 e. The molecule has 7 heteroatoms. The third kappa shape index (κ3) is 5.59. The number of carbonyl (C=O) groups excluding carboxylic acids is 1. The van der Waals surface area contributed by atoms with E-state index in [1.165, 1.54) is 0 Å². The number of carbonyl (C=O) groups is 1. The summed E-state index contributed by atoms with van der Waals surface area (Å²) in [5, 5.41) is 3.30. The molecule has 1 atom stereocenters. The van der Waals surface area contributed by atoms with Crippen molar-refractivity contribution in [1.29, 1.82) is 0 Å². The molecule has 1 aliphatic heterocycles. The lowest BCUT2D eigenvalue weighted by Crippen LogP contribution is -2.52. The van der Waals surface area contributed by atoms with Crippen LogP contribution in [-0.4, -0.2) is 41.5 Å². The standard InChI is InChI=1S/C18H21N3O2.2ClH/c1-14-11-20-8-9-21(14)18(22)16-5-2-6-17(10-16)23-13-15-4-3-7-19-12-15;;/h2-7,10,12,14,20H,8-9,11,13H2,1H3;2*1H/t14-;;/m0../s1. The lowest BCUT2D eigenvalue weighted by atomic mass is 10.1. The van der Waals surface area contributed by atoms with Gasteiger partial charge in [0.25, 0.3) is 5.91 Å². The quantitative estimate of drug-likeness (QED) is 0.881. The second-order valence-corrected chi connectivity index (χ2v) is 5.73. The molecule has 2 heterocycles. The van der Waals surface area contributed by atoms with Crippen molar-refractivity contribution in [1.82, 2.24) is 15.2 Å². The van der Waals surface area contributed by atoms with Crippen LogP contribution >= 0.6 is 24.8 Å². The second-order valence-electron chi connectivity index (χ2n) is 5.73. The highest BCUT2D eigenvalue weighted by molar-refractivity contribution is 5.94. The van der Waals surface area contributed by atoms with Crippen molar-refractivity contribution in [2.24, 2.45) is 0 Å². The SMILES string of the molecule is C[C@H]1CNCCN1C(=O)c1cccc(OCc2cccnc2)c1.Cl.Cl. The summed E-state index contributed by atoms with van der Waals surface area (Å²) >= 11 is 0. The number of halogens is 2. The molecule has 1 fully saturated rings. The van der Waals surface area contributed by atoms with Crippen molar-refractivity contribution in [3.05, 3.63) is 59.9 Å². The number of amides is 1. The van der Waals surface area contributed by atoms with Gasteiger partial charge in [0.2, 0.25) is 0 Å². The number of pyridine rings is 1. The number of ether oxygens (including phenoxy) is 1. The van der Waals surface area contributed by atoms with Crippen LogP contribution in [0.25, 0.3) is 0 Å². The molecule has 1 amide bonds. The molecule has 5 nitrogen and oxygen atoms in total. The van der Waals surface area contributed by atoms with Gasteiger partial charge in [0.1, 0.15) is 12.4 Å². The smallest absolute Gasteiger partial charge is 0.254 e. The Morgan fingerprint density at radius 3 is 2.88 bits per heavy atom. The van der Waals surface area contributed by atoms with Gasteiger partial charge in [-0.3, -0.25) is 9.78 Å². The van der Waals surface area contributed by atoms with Gasteiger partial charge in [-0.05, 0) is 31.2 Å². The first-order valence-corrected chi connectivity index (χ1v) is 7.87. The highest BCUT2D eigenvalue weighted by Gasteiger charge is 2.24. The van der Waals surface area contributed by atoms with E-state index >= 15 is 0 Å². The zero-order chi connectivity index (χ0) is 16.1. The molecule has 0 saturated carbocycles. The van der Waals surface area contributed by atoms with Crippen LogP contribution in [0.5, 0.6) is 5.75 Å². The van der Waals surface area contributed by atoms with E-state index in [-0.39, 0.29) is 36.8 Å². The van der Waals surface area contributed by atoms with Gasteiger partial charge in [-0.2, -0.15) is 0 Å². The average molecular weight is 384 g/mol. The van der Waals surface area contributed by atoms with Crippen molar-refractivity contribution in [3.8, 4) is 5.75 Å². The van der Waals surface area contributed by atoms with E-state index in [0.717, 1.165) is 25.2 Å². The van der Waals surface area contributed by atoms with Crippen molar-refractivity contribution in [2.45, 2.75) is 19.6 Å². The minimum absolute atomic E-state index is 0. The molecule has 0 spiro atoms. The first-order chi connectivity index (χ1) is 11.2. The van der Waals surface area contributed by atoms with Crippen LogP contribution in [0.2, 0.25) is 0 Å². The predicted molar refractivity (Wildman–Crippen MR) is 103 cm³/mol. The first kappa shape index (κ1) is 21.2. The Balaban J connectivity index is 0.00000156. The zero-order valence-corrected chi connectivity index (χ0v) is 15.7. The zero-order valence-electron chi connectivity index (χ0n) is 14.1. The molecule has 25 heavy (non-hydrogen) atoms. The summed E-state index contributed by atoms with van der Waals surface area (Å²) in [5.41, 5.74) is 1.67. The second kappa shape index (κ2) is 10.2. The Labute approximate surface area is 160 Å². The topological polar surface area (TPSA) is 54.5 Å². The fourth-order valence-corrected chi connectivity index (χ4v) is 2.68. The largest absolute Gasteiger partial charge is 0.489 e. The van der Waals surface area contributed by atoms with Gasteiger partial charge in [0.05, 0.1) is 0 Å². The maximum absolute atomic E-state index is 12.7. The van der Waals surface area contributed by atoms with Crippen LogP contribution in [0.15, 0.2) is 48.8 Å². The van der Waals surface area contributed by atoms with Crippen molar-refractivity contribution >= 4 is 30.7 Å². The van der Waals surface area contributed by atoms with E-state index < -0.39 is 0 Å². The van der Waals surface area contributed by atoms with Gasteiger partial charge in [-0.1, -0.05) is 12.1 Å². The number of benzene rings is 1. The molecule has 2 aromatic rings. The summed E-state index contributed by atoms with van der Waals surface area (Å²) in [6.45, 7) is 4.92. The lowest BCUT2D eigenvalue weighted by Gasteiger charge is -2.34. The number of hydrogen-bond donors (Lipinski definition) is 1. The molecule has 1 N–H and O–H groups in total. The summed E-state index contributed by atoms with van der Waals surface area (Å²) in [5.74, 6) is 0.758. The van der Waals surface area contributed by atoms with E-state index in [1.807, 2.05) is 41.3 Å². The van der Waals surface area contributed by atoms with Crippen LogP contribution in [-0.2, 0) is 6.61 Å². The number of piperazine rings is 1. The van der Waals surface area contributed by atoms with Gasteiger partial charge in [-0.15, -0.1) is 24.8 Å². The Bertz CT molecular complexity index is 670. The monoisotopic (exact) mass is 383 g/mol. The lowest BCUT2D eigenvalue weighted by molar-refractivity contribution is 0.0655. The van der Waals surface area contributed by atoms with Crippen molar-refractivity contribution < 1.29 is 9.53 Å². The van der Waals surface area contributed by atoms with Crippen LogP contribution in [0.3, 0.4) is 0 Å². The fraction of sp³-hybridized carbons (Fsp3) is 0.333. The van der Waals surface area contributed by atoms with Gasteiger partial charge in [-0.25, -0.2) is 0 Å². The molecule has 0 radical (unpaired) electrons. The van der Waals surface area contributed by atoms with Gasteiger partial charge in [0.15, 0.2) is 0 Å². The molecule has 1 aromatic carbocycles. The molecule has 1 saturated heterocycles. The molecule has 3 rings (SSSR count). The van der Waals surface area contributed by atoms with E-state index in [2.05, 4.69) is 17.2 Å². The summed E-state index contributed by atoms with van der Waals surface area (Å²) < 4.78 is 5.77. The Morgan fingerprint density at radius 1 is 1.32 bits per heavy atom. The van der Waals surface area contributed by atoms with Crippen LogP contribution in [0, 0.1) is 0 Å². The van der Waals surface area contributed by atoms with E-state index in [4.69, 9.17) is 4.74 Å². The Kier molecular flexibility index (Phi) is 8.69. The van der Waals surface area contributed by atoms with Crippen LogP contribution in [0.4, 0.5) is 0 Å². The van der Waals surface area contributed by atoms with Gasteiger partial charge >= 0.3 is 0 Å². The number of rotatable bonds is 4. The van der Waals surface area contributed by atoms with Crippen molar-refractivity contribution in [3.63, 3.8) is 0 Å². The van der Waals surface area contributed by atoms with Crippen LogP contribution in [0.1, 0.15) is 22.8 Å². The molecule has 1 aliphatic rings. The van der Waals surface area contributed by atoms with Crippen LogP contribution < -0.4 is 10.1 Å². The number of aromatic nitrogens is 1. The molecular weight excluding hydrogens is 361 g/mol. The van der Waals surface area contributed by atoms with E-state index in [9.17, 15) is 4.79 Å². The number of nitrogens with zero attached hydrogens (tertiary/aromatic N) is 2. The van der Waals surface area contributed by atoms with Gasteiger partial charge < -0.3 is 15.0 Å². The normalized spacial score (nSPS) is 16.4. The van der Waals surface area contributed by atoms with Crippen molar-refractivity contribution in [2.75, 3.05) is 19.6 Å². The Hall–Kier alpha value is -1.82. The first-order valence-electron chi connectivity index (χ1n) is 7.87. The number of hydrogen-bond acceptors (Lipinski definition) is 4. The summed E-state index contributed by atoms with van der Waals surface area (Å²) in [6.07, 6.45) is 3.51. The number of nitrogens with one attached hydrogen (secondary N) is 1. The molecule has 0 unspecified atom stereocenters. The summed E-state index contributed by atoms with van der Waals surface area (Å²) in [7, 11) is 0. The molecule has 1 aromatic heterocycles. The Morgan fingerprint density at radius 2 is 2.16 bits per heavy atom. The van der Waals surface area contributed by atoms with E-state index in [0.29, 0.717) is 17.9 Å². The third-order valence-corrected chi connectivity index (χ3v) is 3.97. The summed E-state index contributed by atoms with van der Waals surface area (Å²) in [6, 6.07) is 11.4. The highest BCUT2D eigenvalue weighted by Crippen LogP contribution is 2.18. The minimum Gasteiger partial charge on any atom is -0.489 e. The molecule has 136 valence electrons. The average Bonchev–Trinajstić information content (AvgIpc) is 2.61. The van der Waals surface area contributed by atoms with Gasteiger partial charge in [0, 0.05) is 49.2 Å². The molecular formula is C18H23Cl2N3O2. The molecule has 0 bridgehead atoms. The molecule has 0 aliphatic carbocycles. The third-order valence-electron chi connectivity index (χ3n) is 3.97. The summed E-state index contributed by atoms with van der Waals surface area (Å²) in [4.78, 5) is 18.6. The van der Waals surface area contributed by atoms with E-state index in [1.54, 1.807) is 12.4 Å².